The Bertz CT molecular complexity index is 638. The molecule has 0 bridgehead atoms. The quantitative estimate of drug-likeness (QED) is 0.879. The number of hydrogen-bond donors (Lipinski definition) is 2. The minimum atomic E-state index is -0.332. The van der Waals surface area contributed by atoms with Crippen LogP contribution in [0.5, 0.6) is 0 Å². The van der Waals surface area contributed by atoms with Gasteiger partial charge in [0, 0.05) is 16.4 Å². The van der Waals surface area contributed by atoms with Crippen LogP contribution >= 0.6 is 11.6 Å². The first kappa shape index (κ1) is 15.4. The second kappa shape index (κ2) is 6.64. The highest BCUT2D eigenvalue weighted by molar-refractivity contribution is 6.30. The molecule has 0 aliphatic carbocycles. The van der Waals surface area contributed by atoms with Gasteiger partial charge in [0.1, 0.15) is 6.04 Å². The molecule has 1 unspecified atom stereocenters. The summed E-state index contributed by atoms with van der Waals surface area (Å²) in [5.41, 5.74) is 4.07. The van der Waals surface area contributed by atoms with Crippen LogP contribution in [0.2, 0.25) is 5.02 Å². The van der Waals surface area contributed by atoms with Crippen molar-refractivity contribution in [2.45, 2.75) is 26.8 Å². The van der Waals surface area contributed by atoms with E-state index < -0.39 is 0 Å². The van der Waals surface area contributed by atoms with Crippen LogP contribution in [-0.4, -0.2) is 11.9 Å². The van der Waals surface area contributed by atoms with Crippen molar-refractivity contribution in [1.29, 1.82) is 0 Å². The van der Waals surface area contributed by atoms with Crippen LogP contribution < -0.4 is 10.6 Å². The molecule has 110 valence electrons. The van der Waals surface area contributed by atoms with Gasteiger partial charge in [-0.3, -0.25) is 4.79 Å². The van der Waals surface area contributed by atoms with Gasteiger partial charge in [0.15, 0.2) is 0 Å². The van der Waals surface area contributed by atoms with E-state index in [9.17, 15) is 4.79 Å². The van der Waals surface area contributed by atoms with Crippen LogP contribution in [0.3, 0.4) is 0 Å². The first-order valence-electron chi connectivity index (χ1n) is 6.86. The minimum Gasteiger partial charge on any atom is -0.374 e. The van der Waals surface area contributed by atoms with Gasteiger partial charge in [-0.25, -0.2) is 0 Å². The number of anilines is 2. The first-order chi connectivity index (χ1) is 9.97. The third-order valence-corrected chi connectivity index (χ3v) is 3.73. The SMILES string of the molecule is Cc1cccc(NC(C)C(=O)Nc2ccc(Cl)cc2)c1C. The summed E-state index contributed by atoms with van der Waals surface area (Å²) >= 11 is 5.83. The summed E-state index contributed by atoms with van der Waals surface area (Å²) < 4.78 is 0. The number of carbonyl (C=O) groups excluding carboxylic acids is 1. The van der Waals surface area contributed by atoms with Crippen molar-refractivity contribution < 1.29 is 4.79 Å². The van der Waals surface area contributed by atoms with Crippen LogP contribution in [0, 0.1) is 13.8 Å². The van der Waals surface area contributed by atoms with Crippen LogP contribution in [0.4, 0.5) is 11.4 Å². The van der Waals surface area contributed by atoms with E-state index >= 15 is 0 Å². The maximum absolute atomic E-state index is 12.2. The number of rotatable bonds is 4. The van der Waals surface area contributed by atoms with Gasteiger partial charge in [-0.05, 0) is 62.2 Å². The largest absolute Gasteiger partial charge is 0.374 e. The fourth-order valence-corrected chi connectivity index (χ4v) is 2.12. The van der Waals surface area contributed by atoms with Crippen LogP contribution in [0.1, 0.15) is 18.1 Å². The zero-order valence-electron chi connectivity index (χ0n) is 12.4. The number of amides is 1. The number of nitrogens with one attached hydrogen (secondary N) is 2. The molecule has 0 aliphatic rings. The van der Waals surface area contributed by atoms with Gasteiger partial charge in [-0.2, -0.15) is 0 Å². The van der Waals surface area contributed by atoms with Gasteiger partial charge in [0.2, 0.25) is 5.91 Å². The fourth-order valence-electron chi connectivity index (χ4n) is 1.99. The Morgan fingerprint density at radius 1 is 1.10 bits per heavy atom. The van der Waals surface area contributed by atoms with Crippen molar-refractivity contribution in [3.05, 3.63) is 58.6 Å². The standard InChI is InChI=1S/C17H19ClN2O/c1-11-5-4-6-16(12(11)2)19-13(3)17(21)20-15-9-7-14(18)8-10-15/h4-10,13,19H,1-3H3,(H,20,21). The molecule has 0 heterocycles. The summed E-state index contributed by atoms with van der Waals surface area (Å²) in [5.74, 6) is -0.0850. The van der Waals surface area contributed by atoms with Crippen molar-refractivity contribution in [2.24, 2.45) is 0 Å². The molecule has 1 amide bonds. The molecule has 0 aliphatic heterocycles. The lowest BCUT2D eigenvalue weighted by Gasteiger charge is -2.17. The van der Waals surface area contributed by atoms with Gasteiger partial charge >= 0.3 is 0 Å². The average Bonchev–Trinajstić information content (AvgIpc) is 2.46. The molecule has 0 fully saturated rings. The molecular weight excluding hydrogens is 284 g/mol. The molecule has 0 saturated carbocycles. The molecule has 0 radical (unpaired) electrons. The molecule has 21 heavy (non-hydrogen) atoms. The molecule has 2 aromatic carbocycles. The van der Waals surface area contributed by atoms with Crippen LogP contribution in [-0.2, 0) is 4.79 Å². The van der Waals surface area contributed by atoms with E-state index in [1.807, 2.05) is 26.0 Å². The predicted molar refractivity (Wildman–Crippen MR) is 89.1 cm³/mol. The summed E-state index contributed by atoms with van der Waals surface area (Å²) in [6, 6.07) is 12.7. The molecule has 2 rings (SSSR count). The zero-order chi connectivity index (χ0) is 15.4. The Balaban J connectivity index is 2.02. The van der Waals surface area contributed by atoms with E-state index in [1.54, 1.807) is 24.3 Å². The smallest absolute Gasteiger partial charge is 0.246 e. The number of aryl methyl sites for hydroxylation is 1. The van der Waals surface area contributed by atoms with Gasteiger partial charge in [0.05, 0.1) is 0 Å². The van der Waals surface area contributed by atoms with E-state index in [-0.39, 0.29) is 11.9 Å². The summed E-state index contributed by atoms with van der Waals surface area (Å²) in [7, 11) is 0. The average molecular weight is 303 g/mol. The Morgan fingerprint density at radius 2 is 1.76 bits per heavy atom. The molecule has 0 spiro atoms. The Hall–Kier alpha value is -2.00. The Morgan fingerprint density at radius 3 is 2.43 bits per heavy atom. The van der Waals surface area contributed by atoms with Gasteiger partial charge in [-0.1, -0.05) is 23.7 Å². The molecule has 2 aromatic rings. The lowest BCUT2D eigenvalue weighted by molar-refractivity contribution is -0.116. The third kappa shape index (κ3) is 3.99. The molecule has 3 nitrogen and oxygen atoms in total. The van der Waals surface area contributed by atoms with Crippen molar-refractivity contribution in [3.63, 3.8) is 0 Å². The molecule has 2 N–H and O–H groups in total. The van der Waals surface area contributed by atoms with Crippen LogP contribution in [0.15, 0.2) is 42.5 Å². The Kier molecular flexibility index (Phi) is 4.86. The highest BCUT2D eigenvalue weighted by Crippen LogP contribution is 2.19. The second-order valence-electron chi connectivity index (χ2n) is 5.11. The lowest BCUT2D eigenvalue weighted by atomic mass is 10.1. The number of halogens is 1. The maximum atomic E-state index is 12.2. The summed E-state index contributed by atoms with van der Waals surface area (Å²) in [6.45, 7) is 5.94. The number of benzene rings is 2. The fraction of sp³-hybridized carbons (Fsp3) is 0.235. The van der Waals surface area contributed by atoms with Crippen molar-refractivity contribution >= 4 is 28.9 Å². The van der Waals surface area contributed by atoms with Crippen molar-refractivity contribution in [2.75, 3.05) is 10.6 Å². The first-order valence-corrected chi connectivity index (χ1v) is 7.24. The molecule has 1 atom stereocenters. The molecule has 0 aromatic heterocycles. The van der Waals surface area contributed by atoms with E-state index in [0.29, 0.717) is 5.02 Å². The van der Waals surface area contributed by atoms with Crippen LogP contribution in [0.25, 0.3) is 0 Å². The van der Waals surface area contributed by atoms with Crippen molar-refractivity contribution in [3.8, 4) is 0 Å². The Labute approximate surface area is 130 Å². The maximum Gasteiger partial charge on any atom is 0.246 e. The van der Waals surface area contributed by atoms with Crippen molar-refractivity contribution in [1.82, 2.24) is 0 Å². The number of carbonyl (C=O) groups is 1. The molecule has 4 heteroatoms. The van der Waals surface area contributed by atoms with E-state index in [1.165, 1.54) is 5.56 Å². The monoisotopic (exact) mass is 302 g/mol. The minimum absolute atomic E-state index is 0.0850. The highest BCUT2D eigenvalue weighted by atomic mass is 35.5. The second-order valence-corrected chi connectivity index (χ2v) is 5.55. The normalized spacial score (nSPS) is 11.8. The highest BCUT2D eigenvalue weighted by Gasteiger charge is 2.14. The summed E-state index contributed by atoms with van der Waals surface area (Å²) in [5, 5.41) is 6.76. The van der Waals surface area contributed by atoms with Gasteiger partial charge < -0.3 is 10.6 Å². The molecular formula is C17H19ClN2O. The van der Waals surface area contributed by atoms with E-state index in [0.717, 1.165) is 16.9 Å². The predicted octanol–water partition coefficient (Wildman–Crippen LogP) is 4.40. The topological polar surface area (TPSA) is 41.1 Å². The van der Waals surface area contributed by atoms with E-state index in [2.05, 4.69) is 23.6 Å². The third-order valence-electron chi connectivity index (χ3n) is 3.48. The molecule has 0 saturated heterocycles. The number of hydrogen-bond acceptors (Lipinski definition) is 2. The van der Waals surface area contributed by atoms with Gasteiger partial charge in [0.25, 0.3) is 0 Å². The summed E-state index contributed by atoms with van der Waals surface area (Å²) in [4.78, 5) is 12.2. The van der Waals surface area contributed by atoms with Gasteiger partial charge in [-0.15, -0.1) is 0 Å². The zero-order valence-corrected chi connectivity index (χ0v) is 13.2. The lowest BCUT2D eigenvalue weighted by Crippen LogP contribution is -2.32. The summed E-state index contributed by atoms with van der Waals surface area (Å²) in [6.07, 6.45) is 0. The van der Waals surface area contributed by atoms with E-state index in [4.69, 9.17) is 11.6 Å².